The van der Waals surface area contributed by atoms with Gasteiger partial charge in [0.1, 0.15) is 11.4 Å². The van der Waals surface area contributed by atoms with Crippen molar-refractivity contribution in [2.45, 2.75) is 65.7 Å². The molecule has 188 valence electrons. The molecule has 3 amide bonds. The van der Waals surface area contributed by atoms with E-state index in [2.05, 4.69) is 22.5 Å². The van der Waals surface area contributed by atoms with E-state index in [-0.39, 0.29) is 18.6 Å². The van der Waals surface area contributed by atoms with Crippen LogP contribution in [0.2, 0.25) is 0 Å². The number of carbonyl (C=O) groups is 3. The molecule has 0 bridgehead atoms. The van der Waals surface area contributed by atoms with Gasteiger partial charge in [-0.05, 0) is 69.2 Å². The number of pyridine rings is 1. The lowest BCUT2D eigenvalue weighted by atomic mass is 9.89. The van der Waals surface area contributed by atoms with Crippen LogP contribution in [0.25, 0.3) is 0 Å². The average Bonchev–Trinajstić information content (AvgIpc) is 2.79. The second kappa shape index (κ2) is 10.9. The SMILES string of the molecule is Cc1cc(NC(=O)C(=O)N2C[C@@H](C)CC[C@@H]2c2ccc(CO)cc2)cnc1NC(=O)OC(C)(C)C. The number of nitrogens with one attached hydrogen (secondary N) is 2. The van der Waals surface area contributed by atoms with Crippen molar-refractivity contribution in [1.29, 1.82) is 0 Å². The van der Waals surface area contributed by atoms with Crippen molar-refractivity contribution in [2.75, 3.05) is 17.2 Å². The van der Waals surface area contributed by atoms with E-state index in [1.807, 2.05) is 24.3 Å². The first kappa shape index (κ1) is 26.2. The zero-order valence-electron chi connectivity index (χ0n) is 20.9. The fourth-order valence-electron chi connectivity index (χ4n) is 4.06. The van der Waals surface area contributed by atoms with Gasteiger partial charge in [-0.2, -0.15) is 0 Å². The van der Waals surface area contributed by atoms with E-state index in [0.717, 1.165) is 24.0 Å². The summed E-state index contributed by atoms with van der Waals surface area (Å²) in [7, 11) is 0. The van der Waals surface area contributed by atoms with Gasteiger partial charge in [0.05, 0.1) is 24.5 Å². The predicted molar refractivity (Wildman–Crippen MR) is 133 cm³/mol. The van der Waals surface area contributed by atoms with Gasteiger partial charge in [0.25, 0.3) is 0 Å². The first-order chi connectivity index (χ1) is 16.5. The zero-order chi connectivity index (χ0) is 25.8. The summed E-state index contributed by atoms with van der Waals surface area (Å²) in [6, 6.07) is 8.88. The summed E-state index contributed by atoms with van der Waals surface area (Å²) in [6.45, 7) is 9.52. The molecule has 3 rings (SSSR count). The van der Waals surface area contributed by atoms with Crippen molar-refractivity contribution in [3.8, 4) is 0 Å². The van der Waals surface area contributed by atoms with Crippen molar-refractivity contribution in [3.05, 3.63) is 53.2 Å². The van der Waals surface area contributed by atoms with Crippen LogP contribution in [-0.4, -0.2) is 45.0 Å². The van der Waals surface area contributed by atoms with Crippen molar-refractivity contribution in [2.24, 2.45) is 5.92 Å². The third-order valence-corrected chi connectivity index (χ3v) is 5.78. The number of amides is 3. The Morgan fingerprint density at radius 1 is 1.14 bits per heavy atom. The minimum atomic E-state index is -0.745. The van der Waals surface area contributed by atoms with Gasteiger partial charge >= 0.3 is 17.9 Å². The highest BCUT2D eigenvalue weighted by atomic mass is 16.6. The normalized spacial score (nSPS) is 18.1. The van der Waals surface area contributed by atoms with Gasteiger partial charge in [-0.3, -0.25) is 14.9 Å². The molecule has 1 aliphatic rings. The Morgan fingerprint density at radius 2 is 1.83 bits per heavy atom. The Bertz CT molecular complexity index is 1080. The largest absolute Gasteiger partial charge is 0.444 e. The highest BCUT2D eigenvalue weighted by Gasteiger charge is 2.34. The second-order valence-corrected chi connectivity index (χ2v) is 10.0. The Balaban J connectivity index is 1.70. The fraction of sp³-hybridized carbons (Fsp3) is 0.462. The van der Waals surface area contributed by atoms with E-state index in [9.17, 15) is 19.5 Å². The molecule has 9 heteroatoms. The first-order valence-electron chi connectivity index (χ1n) is 11.7. The van der Waals surface area contributed by atoms with E-state index in [0.29, 0.717) is 23.6 Å². The molecule has 2 atom stereocenters. The molecule has 0 aliphatic carbocycles. The predicted octanol–water partition coefficient (Wildman–Crippen LogP) is 4.17. The highest BCUT2D eigenvalue weighted by molar-refractivity contribution is 6.39. The third-order valence-electron chi connectivity index (χ3n) is 5.78. The molecule has 1 fully saturated rings. The Kier molecular flexibility index (Phi) is 8.11. The van der Waals surface area contributed by atoms with Crippen LogP contribution in [0.15, 0.2) is 36.5 Å². The number of piperidine rings is 1. The van der Waals surface area contributed by atoms with Crippen LogP contribution in [-0.2, 0) is 20.9 Å². The maximum absolute atomic E-state index is 13.2. The van der Waals surface area contributed by atoms with Gasteiger partial charge in [-0.1, -0.05) is 31.2 Å². The van der Waals surface area contributed by atoms with Crippen LogP contribution >= 0.6 is 0 Å². The molecule has 0 unspecified atom stereocenters. The van der Waals surface area contributed by atoms with E-state index in [1.54, 1.807) is 38.7 Å². The van der Waals surface area contributed by atoms with Crippen LogP contribution in [0, 0.1) is 12.8 Å². The smallest absolute Gasteiger partial charge is 0.413 e. The molecule has 1 aliphatic heterocycles. The molecule has 9 nitrogen and oxygen atoms in total. The minimum absolute atomic E-state index is 0.0490. The topological polar surface area (TPSA) is 121 Å². The zero-order valence-corrected chi connectivity index (χ0v) is 20.9. The summed E-state index contributed by atoms with van der Waals surface area (Å²) in [5.74, 6) is -0.770. The van der Waals surface area contributed by atoms with Gasteiger partial charge in [0.15, 0.2) is 0 Å². The van der Waals surface area contributed by atoms with Crippen LogP contribution in [0.5, 0.6) is 0 Å². The molecule has 0 radical (unpaired) electrons. The maximum Gasteiger partial charge on any atom is 0.413 e. The third kappa shape index (κ3) is 7.02. The van der Waals surface area contributed by atoms with E-state index < -0.39 is 23.5 Å². The maximum atomic E-state index is 13.2. The summed E-state index contributed by atoms with van der Waals surface area (Å²) in [6.07, 6.45) is 2.46. The lowest BCUT2D eigenvalue weighted by Gasteiger charge is -2.38. The quantitative estimate of drug-likeness (QED) is 0.563. The summed E-state index contributed by atoms with van der Waals surface area (Å²) in [4.78, 5) is 43.9. The van der Waals surface area contributed by atoms with Crippen molar-refractivity contribution < 1.29 is 24.2 Å². The van der Waals surface area contributed by atoms with Crippen LogP contribution < -0.4 is 10.6 Å². The van der Waals surface area contributed by atoms with Crippen molar-refractivity contribution in [3.63, 3.8) is 0 Å². The van der Waals surface area contributed by atoms with Gasteiger partial charge in [-0.25, -0.2) is 9.78 Å². The number of hydrogen-bond acceptors (Lipinski definition) is 6. The molecule has 1 aromatic carbocycles. The average molecular weight is 483 g/mol. The number of ether oxygens (including phenoxy) is 1. The first-order valence-corrected chi connectivity index (χ1v) is 11.7. The number of aliphatic hydroxyl groups is 1. The van der Waals surface area contributed by atoms with E-state index in [4.69, 9.17) is 4.74 Å². The molecule has 3 N–H and O–H groups in total. The molecule has 0 spiro atoms. The number of rotatable bonds is 4. The number of hydrogen-bond donors (Lipinski definition) is 3. The Morgan fingerprint density at radius 3 is 2.43 bits per heavy atom. The minimum Gasteiger partial charge on any atom is -0.444 e. The molecular weight excluding hydrogens is 448 g/mol. The standard InChI is InChI=1S/C26H34N4O5/c1-16-6-11-21(19-9-7-18(15-31)8-10-19)30(14-16)24(33)23(32)28-20-12-17(2)22(27-13-20)29-25(34)35-26(3,4)5/h7-10,12-13,16,21,31H,6,11,14-15H2,1-5H3,(H,28,32)(H,27,29,34)/t16-,21+/m0/s1. The molecule has 0 saturated carbocycles. The van der Waals surface area contributed by atoms with E-state index >= 15 is 0 Å². The monoisotopic (exact) mass is 482 g/mol. The van der Waals surface area contributed by atoms with Crippen LogP contribution in [0.3, 0.4) is 0 Å². The summed E-state index contributed by atoms with van der Waals surface area (Å²) in [5, 5.41) is 14.5. The van der Waals surface area contributed by atoms with Crippen LogP contribution in [0.1, 0.15) is 63.3 Å². The lowest BCUT2D eigenvalue weighted by Crippen LogP contribution is -2.46. The number of likely N-dealkylation sites (tertiary alicyclic amines) is 1. The van der Waals surface area contributed by atoms with Gasteiger partial charge in [0.2, 0.25) is 0 Å². The number of benzene rings is 1. The molecule has 2 aromatic rings. The van der Waals surface area contributed by atoms with E-state index in [1.165, 1.54) is 6.20 Å². The second-order valence-electron chi connectivity index (χ2n) is 10.0. The number of nitrogens with zero attached hydrogens (tertiary/aromatic N) is 2. The summed E-state index contributed by atoms with van der Waals surface area (Å²) in [5.41, 5.74) is 2.04. The lowest BCUT2D eigenvalue weighted by molar-refractivity contribution is -0.146. The number of aromatic nitrogens is 1. The molecule has 1 aromatic heterocycles. The van der Waals surface area contributed by atoms with Gasteiger partial charge in [0, 0.05) is 6.54 Å². The highest BCUT2D eigenvalue weighted by Crippen LogP contribution is 2.33. The van der Waals surface area contributed by atoms with Crippen molar-refractivity contribution in [1.82, 2.24) is 9.88 Å². The number of anilines is 2. The molecular formula is C26H34N4O5. The number of aryl methyl sites for hydroxylation is 1. The van der Waals surface area contributed by atoms with Crippen molar-refractivity contribution >= 4 is 29.4 Å². The Hall–Kier alpha value is -3.46. The van der Waals surface area contributed by atoms with Gasteiger partial charge < -0.3 is 20.1 Å². The molecule has 1 saturated heterocycles. The number of aliphatic hydroxyl groups excluding tert-OH is 1. The fourth-order valence-corrected chi connectivity index (χ4v) is 4.06. The summed E-state index contributed by atoms with van der Waals surface area (Å²) < 4.78 is 5.24. The summed E-state index contributed by atoms with van der Waals surface area (Å²) >= 11 is 0. The Labute approximate surface area is 205 Å². The number of carbonyl (C=O) groups excluding carboxylic acids is 3. The molecule has 2 heterocycles. The van der Waals surface area contributed by atoms with Gasteiger partial charge in [-0.15, -0.1) is 0 Å². The molecule has 35 heavy (non-hydrogen) atoms. The van der Waals surface area contributed by atoms with Crippen LogP contribution in [0.4, 0.5) is 16.3 Å².